The van der Waals surface area contributed by atoms with Crippen molar-refractivity contribution in [3.05, 3.63) is 0 Å². The predicted molar refractivity (Wildman–Crippen MR) is 83.0 cm³/mol. The van der Waals surface area contributed by atoms with Crippen molar-refractivity contribution >= 4 is 0 Å². The zero-order valence-electron chi connectivity index (χ0n) is 13.2. The van der Waals surface area contributed by atoms with Gasteiger partial charge < -0.3 is 10.1 Å². The van der Waals surface area contributed by atoms with E-state index in [0.717, 1.165) is 25.3 Å². The second-order valence-electron chi connectivity index (χ2n) is 7.48. The van der Waals surface area contributed by atoms with Gasteiger partial charge in [-0.05, 0) is 52.0 Å². The van der Waals surface area contributed by atoms with Crippen LogP contribution in [0.5, 0.6) is 0 Å². The summed E-state index contributed by atoms with van der Waals surface area (Å²) in [6.07, 6.45) is 11.0. The van der Waals surface area contributed by atoms with Crippen LogP contribution in [0.15, 0.2) is 0 Å². The van der Waals surface area contributed by atoms with Gasteiger partial charge in [-0.1, -0.05) is 12.8 Å². The molecule has 3 aliphatic rings. The number of ether oxygens (including phenoxy) is 1. The summed E-state index contributed by atoms with van der Waals surface area (Å²) in [4.78, 5) is 2.76. The normalized spacial score (nSPS) is 36.8. The van der Waals surface area contributed by atoms with Gasteiger partial charge in [0.1, 0.15) is 0 Å². The molecule has 20 heavy (non-hydrogen) atoms. The summed E-state index contributed by atoms with van der Waals surface area (Å²) < 4.78 is 5.88. The molecule has 2 saturated heterocycles. The average molecular weight is 280 g/mol. The molecule has 0 radical (unpaired) electrons. The minimum absolute atomic E-state index is 0.374. The summed E-state index contributed by atoms with van der Waals surface area (Å²) in [6.45, 7) is 8.08. The maximum atomic E-state index is 5.88. The largest absolute Gasteiger partial charge is 0.381 e. The van der Waals surface area contributed by atoms with E-state index in [9.17, 15) is 0 Å². The Morgan fingerprint density at radius 2 is 2.05 bits per heavy atom. The summed E-state index contributed by atoms with van der Waals surface area (Å²) in [7, 11) is 0. The number of hydrogen-bond acceptors (Lipinski definition) is 3. The van der Waals surface area contributed by atoms with Crippen LogP contribution in [0.1, 0.15) is 58.3 Å². The maximum absolute atomic E-state index is 5.88. The Labute approximate surface area is 124 Å². The highest BCUT2D eigenvalue weighted by molar-refractivity contribution is 4.92. The molecule has 2 aliphatic heterocycles. The third-order valence-electron chi connectivity index (χ3n) is 5.48. The highest BCUT2D eigenvalue weighted by Crippen LogP contribution is 2.32. The Bertz CT molecular complexity index is 297. The molecule has 2 unspecified atom stereocenters. The number of nitrogens with one attached hydrogen (secondary N) is 1. The van der Waals surface area contributed by atoms with E-state index < -0.39 is 0 Å². The first kappa shape index (κ1) is 14.8. The zero-order chi connectivity index (χ0) is 13.8. The number of nitrogens with zero attached hydrogens (tertiary/aromatic N) is 1. The second-order valence-corrected chi connectivity index (χ2v) is 7.48. The van der Waals surface area contributed by atoms with Crippen molar-refractivity contribution in [2.75, 3.05) is 32.8 Å². The van der Waals surface area contributed by atoms with Gasteiger partial charge in [-0.15, -0.1) is 0 Å². The summed E-state index contributed by atoms with van der Waals surface area (Å²) in [5.41, 5.74) is 0.374. The van der Waals surface area contributed by atoms with Gasteiger partial charge in [-0.25, -0.2) is 0 Å². The molecule has 0 amide bonds. The van der Waals surface area contributed by atoms with E-state index in [2.05, 4.69) is 17.1 Å². The van der Waals surface area contributed by atoms with E-state index in [1.165, 1.54) is 71.0 Å². The molecule has 1 N–H and O–H groups in total. The van der Waals surface area contributed by atoms with E-state index in [-0.39, 0.29) is 0 Å². The van der Waals surface area contributed by atoms with E-state index in [0.29, 0.717) is 5.41 Å². The van der Waals surface area contributed by atoms with Crippen LogP contribution < -0.4 is 5.32 Å². The molecule has 1 saturated carbocycles. The van der Waals surface area contributed by atoms with Crippen molar-refractivity contribution < 1.29 is 4.74 Å². The Kier molecular flexibility index (Phi) is 5.00. The molecule has 3 heteroatoms. The Balaban J connectivity index is 1.60. The van der Waals surface area contributed by atoms with Crippen molar-refractivity contribution in [3.8, 4) is 0 Å². The molecule has 0 bridgehead atoms. The van der Waals surface area contributed by atoms with Crippen molar-refractivity contribution in [1.29, 1.82) is 0 Å². The van der Waals surface area contributed by atoms with E-state index in [1.54, 1.807) is 0 Å². The molecule has 2 atom stereocenters. The topological polar surface area (TPSA) is 24.5 Å². The van der Waals surface area contributed by atoms with Crippen LogP contribution in [0.2, 0.25) is 0 Å². The van der Waals surface area contributed by atoms with Gasteiger partial charge in [0.15, 0.2) is 0 Å². The van der Waals surface area contributed by atoms with Crippen LogP contribution in [-0.4, -0.2) is 49.8 Å². The molecule has 3 nitrogen and oxygen atoms in total. The lowest BCUT2D eigenvalue weighted by Crippen LogP contribution is -2.51. The molecule has 2 heterocycles. The van der Waals surface area contributed by atoms with E-state index in [4.69, 9.17) is 4.74 Å². The zero-order valence-corrected chi connectivity index (χ0v) is 13.2. The minimum atomic E-state index is 0.374. The van der Waals surface area contributed by atoms with Gasteiger partial charge in [0.05, 0.1) is 6.61 Å². The highest BCUT2D eigenvalue weighted by Gasteiger charge is 2.37. The maximum Gasteiger partial charge on any atom is 0.0546 e. The highest BCUT2D eigenvalue weighted by atomic mass is 16.5. The number of rotatable bonds is 5. The molecule has 1 aliphatic carbocycles. The van der Waals surface area contributed by atoms with Gasteiger partial charge >= 0.3 is 0 Å². The SMILES string of the molecule is CC1CCCCCN1CC1(CNC2CC2)CCCOC1. The first-order valence-corrected chi connectivity index (χ1v) is 8.83. The smallest absolute Gasteiger partial charge is 0.0546 e. The monoisotopic (exact) mass is 280 g/mol. The second kappa shape index (κ2) is 6.76. The Morgan fingerprint density at radius 1 is 1.15 bits per heavy atom. The molecule has 116 valence electrons. The Hall–Kier alpha value is -0.120. The molecule has 0 aromatic heterocycles. The van der Waals surface area contributed by atoms with Crippen LogP contribution in [0.3, 0.4) is 0 Å². The predicted octanol–water partition coefficient (Wildman–Crippen LogP) is 2.80. The summed E-state index contributed by atoms with van der Waals surface area (Å²) in [5, 5.41) is 3.78. The molecule has 3 rings (SSSR count). The lowest BCUT2D eigenvalue weighted by atomic mass is 9.81. The number of likely N-dealkylation sites (tertiary alicyclic amines) is 1. The lowest BCUT2D eigenvalue weighted by Gasteiger charge is -2.42. The van der Waals surface area contributed by atoms with Crippen molar-refractivity contribution in [3.63, 3.8) is 0 Å². The van der Waals surface area contributed by atoms with Gasteiger partial charge in [0.2, 0.25) is 0 Å². The Morgan fingerprint density at radius 3 is 2.80 bits per heavy atom. The molecule has 3 fully saturated rings. The first-order chi connectivity index (χ1) is 9.77. The van der Waals surface area contributed by atoms with Crippen LogP contribution in [0, 0.1) is 5.41 Å². The molecule has 0 aromatic rings. The molecule has 0 aromatic carbocycles. The quantitative estimate of drug-likeness (QED) is 0.838. The summed E-state index contributed by atoms with van der Waals surface area (Å²) in [5.74, 6) is 0. The van der Waals surface area contributed by atoms with Gasteiger partial charge in [-0.2, -0.15) is 0 Å². The molecular weight excluding hydrogens is 248 g/mol. The summed E-state index contributed by atoms with van der Waals surface area (Å²) >= 11 is 0. The minimum Gasteiger partial charge on any atom is -0.381 e. The van der Waals surface area contributed by atoms with Crippen molar-refractivity contribution in [2.45, 2.75) is 70.4 Å². The third-order valence-corrected chi connectivity index (χ3v) is 5.48. The van der Waals surface area contributed by atoms with Gasteiger partial charge in [0, 0.05) is 37.2 Å². The van der Waals surface area contributed by atoms with Crippen LogP contribution in [0.25, 0.3) is 0 Å². The fourth-order valence-corrected chi connectivity index (χ4v) is 3.88. The van der Waals surface area contributed by atoms with Crippen LogP contribution in [0.4, 0.5) is 0 Å². The van der Waals surface area contributed by atoms with Crippen molar-refractivity contribution in [2.24, 2.45) is 5.41 Å². The van der Waals surface area contributed by atoms with Crippen LogP contribution >= 0.6 is 0 Å². The standard InChI is InChI=1S/C17H32N2O/c1-15-6-3-2-4-10-19(15)13-17(9-5-11-20-14-17)12-18-16-7-8-16/h15-16,18H,2-14H2,1H3. The number of hydrogen-bond donors (Lipinski definition) is 1. The average Bonchev–Trinajstić information content (AvgIpc) is 3.29. The first-order valence-electron chi connectivity index (χ1n) is 8.83. The lowest BCUT2D eigenvalue weighted by molar-refractivity contribution is -0.0316. The van der Waals surface area contributed by atoms with Crippen molar-refractivity contribution in [1.82, 2.24) is 10.2 Å². The molecular formula is C17H32N2O. The van der Waals surface area contributed by atoms with E-state index in [1.807, 2.05) is 0 Å². The van der Waals surface area contributed by atoms with E-state index >= 15 is 0 Å². The fourth-order valence-electron chi connectivity index (χ4n) is 3.88. The summed E-state index contributed by atoms with van der Waals surface area (Å²) in [6, 6.07) is 1.58. The van der Waals surface area contributed by atoms with Gasteiger partial charge in [-0.3, -0.25) is 4.90 Å². The fraction of sp³-hybridized carbons (Fsp3) is 1.00. The molecule has 0 spiro atoms. The third kappa shape index (κ3) is 3.96. The van der Waals surface area contributed by atoms with Gasteiger partial charge in [0.25, 0.3) is 0 Å². The van der Waals surface area contributed by atoms with Crippen LogP contribution in [-0.2, 0) is 4.74 Å².